The zero-order valence-corrected chi connectivity index (χ0v) is 4.93. The number of nitro groups is 1. The molecule has 0 amide bonds. The minimum Gasteiger partial charge on any atom is -0.463 e. The van der Waals surface area contributed by atoms with Gasteiger partial charge in [0.15, 0.2) is 10.8 Å². The number of hydrogen-bond donors (Lipinski definition) is 0. The van der Waals surface area contributed by atoms with Crippen LogP contribution in [0.25, 0.3) is 0 Å². The molecule has 52 valence electrons. The van der Waals surface area contributed by atoms with E-state index in [0.717, 1.165) is 6.21 Å². The van der Waals surface area contributed by atoms with Crippen LogP contribution in [0.5, 0.6) is 0 Å². The van der Waals surface area contributed by atoms with Gasteiger partial charge in [-0.05, 0) is 12.1 Å². The number of nitrogens with zero attached hydrogens (tertiary/aromatic N) is 2. The molecule has 0 saturated heterocycles. The van der Waals surface area contributed by atoms with Crippen molar-refractivity contribution in [3.63, 3.8) is 0 Å². The molecule has 0 aliphatic heterocycles. The van der Waals surface area contributed by atoms with Crippen molar-refractivity contribution in [2.24, 2.45) is 5.10 Å². The zero-order chi connectivity index (χ0) is 7.40. The van der Waals surface area contributed by atoms with Gasteiger partial charge in [-0.2, -0.15) is 0 Å². The lowest BCUT2D eigenvalue weighted by Gasteiger charge is -1.75. The average molecular weight is 140 g/mol. The molecule has 0 aliphatic rings. The molecule has 0 saturated carbocycles. The highest BCUT2D eigenvalue weighted by molar-refractivity contribution is 5.74. The van der Waals surface area contributed by atoms with Crippen LogP contribution in [-0.2, 0) is 0 Å². The fourth-order valence-electron chi connectivity index (χ4n) is 0.469. The number of hydrazone groups is 1. The molecule has 0 N–H and O–H groups in total. The van der Waals surface area contributed by atoms with Crippen LogP contribution in [0, 0.1) is 10.1 Å². The minimum atomic E-state index is -0.789. The van der Waals surface area contributed by atoms with E-state index in [1.54, 1.807) is 12.1 Å². The van der Waals surface area contributed by atoms with Crippen LogP contribution in [0.15, 0.2) is 27.9 Å². The largest absolute Gasteiger partial charge is 0.463 e. The molecule has 0 radical (unpaired) electrons. The second-order valence-corrected chi connectivity index (χ2v) is 1.50. The lowest BCUT2D eigenvalue weighted by atomic mass is 10.5. The van der Waals surface area contributed by atoms with Crippen LogP contribution in [0.1, 0.15) is 5.76 Å². The summed E-state index contributed by atoms with van der Waals surface area (Å²) >= 11 is 0. The van der Waals surface area contributed by atoms with Crippen LogP contribution in [0.4, 0.5) is 0 Å². The molecule has 1 aromatic heterocycles. The normalized spacial score (nSPS) is 10.4. The third-order valence-corrected chi connectivity index (χ3v) is 0.822. The number of furan rings is 1. The molecule has 1 heterocycles. The molecule has 1 rings (SSSR count). The highest BCUT2D eigenvalue weighted by atomic mass is 16.7. The van der Waals surface area contributed by atoms with Crippen molar-refractivity contribution in [3.05, 3.63) is 34.3 Å². The van der Waals surface area contributed by atoms with Gasteiger partial charge in [0, 0.05) is 0 Å². The summed E-state index contributed by atoms with van der Waals surface area (Å²) in [5.41, 5.74) is 0. The van der Waals surface area contributed by atoms with Crippen LogP contribution >= 0.6 is 0 Å². The second-order valence-electron chi connectivity index (χ2n) is 1.50. The zero-order valence-electron chi connectivity index (χ0n) is 4.93. The van der Waals surface area contributed by atoms with Gasteiger partial charge >= 0.3 is 0 Å². The lowest BCUT2D eigenvalue weighted by molar-refractivity contribution is -0.484. The van der Waals surface area contributed by atoms with Gasteiger partial charge in [-0.1, -0.05) is 0 Å². The standard InChI is InChI=1S/C5H4N2O3/c8-7(9)6-4-5-2-1-3-10-5/h1-4H/b6-4+. The van der Waals surface area contributed by atoms with E-state index >= 15 is 0 Å². The first-order valence-electron chi connectivity index (χ1n) is 2.51. The Morgan fingerprint density at radius 1 is 1.80 bits per heavy atom. The maximum absolute atomic E-state index is 9.66. The molecule has 1 aromatic rings. The molecule has 0 unspecified atom stereocenters. The maximum atomic E-state index is 9.66. The Morgan fingerprint density at radius 2 is 2.60 bits per heavy atom. The van der Waals surface area contributed by atoms with Gasteiger partial charge < -0.3 is 4.42 Å². The molecule has 10 heavy (non-hydrogen) atoms. The Bertz CT molecular complexity index is 239. The summed E-state index contributed by atoms with van der Waals surface area (Å²) in [6.07, 6.45) is 2.46. The topological polar surface area (TPSA) is 68.6 Å². The van der Waals surface area contributed by atoms with Gasteiger partial charge in [0.2, 0.25) is 0 Å². The van der Waals surface area contributed by atoms with Crippen molar-refractivity contribution in [2.75, 3.05) is 0 Å². The third kappa shape index (κ3) is 1.70. The van der Waals surface area contributed by atoms with Crippen LogP contribution in [-0.4, -0.2) is 11.2 Å². The van der Waals surface area contributed by atoms with Gasteiger partial charge in [-0.15, -0.1) is 0 Å². The predicted molar refractivity (Wildman–Crippen MR) is 33.3 cm³/mol. The SMILES string of the molecule is O=[N+]([O-])/N=C/c1ccco1. The summed E-state index contributed by atoms with van der Waals surface area (Å²) < 4.78 is 4.73. The maximum Gasteiger partial charge on any atom is 0.190 e. The summed E-state index contributed by atoms with van der Waals surface area (Å²) in [6.45, 7) is 0. The molecule has 0 spiro atoms. The summed E-state index contributed by atoms with van der Waals surface area (Å²) in [6, 6.07) is 3.20. The first kappa shape index (κ1) is 6.47. The van der Waals surface area contributed by atoms with Crippen LogP contribution < -0.4 is 0 Å². The van der Waals surface area contributed by atoms with E-state index in [9.17, 15) is 10.1 Å². The molecule has 0 aromatic carbocycles. The molecule has 0 bridgehead atoms. The van der Waals surface area contributed by atoms with Gasteiger partial charge in [0.25, 0.3) is 0 Å². The second kappa shape index (κ2) is 2.77. The molecular formula is C5H4N2O3. The molecule has 0 fully saturated rings. The van der Waals surface area contributed by atoms with E-state index in [4.69, 9.17) is 4.42 Å². The van der Waals surface area contributed by atoms with E-state index < -0.39 is 5.03 Å². The Hall–Kier alpha value is -1.65. The highest BCUT2D eigenvalue weighted by Gasteiger charge is 1.91. The summed E-state index contributed by atoms with van der Waals surface area (Å²) in [4.78, 5) is 9.66. The third-order valence-electron chi connectivity index (χ3n) is 0.822. The Balaban J connectivity index is 2.64. The van der Waals surface area contributed by atoms with Gasteiger partial charge in [-0.25, -0.2) is 10.1 Å². The number of rotatable bonds is 2. The van der Waals surface area contributed by atoms with Gasteiger partial charge in [0.05, 0.1) is 11.4 Å². The Labute approximate surface area is 56.1 Å². The molecule has 5 nitrogen and oxygen atoms in total. The fourth-order valence-corrected chi connectivity index (χ4v) is 0.469. The van der Waals surface area contributed by atoms with Gasteiger partial charge in [0.1, 0.15) is 6.21 Å². The van der Waals surface area contributed by atoms with Crippen molar-refractivity contribution < 1.29 is 9.45 Å². The first-order valence-corrected chi connectivity index (χ1v) is 2.51. The number of hydrogen-bond acceptors (Lipinski definition) is 3. The lowest BCUT2D eigenvalue weighted by Crippen LogP contribution is -1.85. The van der Waals surface area contributed by atoms with Crippen molar-refractivity contribution in [2.45, 2.75) is 0 Å². The van der Waals surface area contributed by atoms with E-state index in [2.05, 4.69) is 5.10 Å². The predicted octanol–water partition coefficient (Wildman–Crippen LogP) is 0.890. The van der Waals surface area contributed by atoms with Crippen molar-refractivity contribution >= 4 is 6.21 Å². The molecular weight excluding hydrogens is 136 g/mol. The van der Waals surface area contributed by atoms with E-state index in [0.29, 0.717) is 5.76 Å². The first-order chi connectivity index (χ1) is 4.79. The smallest absolute Gasteiger partial charge is 0.190 e. The van der Waals surface area contributed by atoms with Crippen LogP contribution in [0.3, 0.4) is 0 Å². The molecule has 0 atom stereocenters. The monoisotopic (exact) mass is 140 g/mol. The quantitative estimate of drug-likeness (QED) is 0.348. The Morgan fingerprint density at radius 3 is 3.10 bits per heavy atom. The van der Waals surface area contributed by atoms with Crippen molar-refractivity contribution in [3.8, 4) is 0 Å². The highest BCUT2D eigenvalue weighted by Crippen LogP contribution is 1.94. The minimum absolute atomic E-state index is 0.372. The molecule has 0 aliphatic carbocycles. The fraction of sp³-hybridized carbons (Fsp3) is 0. The summed E-state index contributed by atoms with van der Waals surface area (Å²) in [5, 5.41) is 11.7. The summed E-state index contributed by atoms with van der Waals surface area (Å²) in [7, 11) is 0. The van der Waals surface area contributed by atoms with Crippen molar-refractivity contribution in [1.29, 1.82) is 0 Å². The van der Waals surface area contributed by atoms with Gasteiger partial charge in [-0.3, -0.25) is 0 Å². The van der Waals surface area contributed by atoms with Crippen molar-refractivity contribution in [1.82, 2.24) is 0 Å². The van der Waals surface area contributed by atoms with E-state index in [1.807, 2.05) is 0 Å². The molecule has 5 heteroatoms. The van der Waals surface area contributed by atoms with E-state index in [-0.39, 0.29) is 0 Å². The Kier molecular flexibility index (Phi) is 1.79. The average Bonchev–Trinajstić information content (AvgIpc) is 2.34. The van der Waals surface area contributed by atoms with Crippen LogP contribution in [0.2, 0.25) is 0 Å². The van der Waals surface area contributed by atoms with E-state index in [1.165, 1.54) is 6.26 Å². The summed E-state index contributed by atoms with van der Waals surface area (Å²) in [5.74, 6) is 0.372.